The molecule has 1 aromatic rings. The number of anilines is 1. The number of hydrogen-bond acceptors (Lipinski definition) is 1. The van der Waals surface area contributed by atoms with Crippen LogP contribution in [-0.2, 0) is 0 Å². The maximum atomic E-state index is 13.8. The summed E-state index contributed by atoms with van der Waals surface area (Å²) in [6, 6.07) is 5.63. The fourth-order valence-electron chi connectivity index (χ4n) is 3.09. The van der Waals surface area contributed by atoms with E-state index in [1.165, 1.54) is 12.5 Å². The van der Waals surface area contributed by atoms with Gasteiger partial charge in [0, 0.05) is 6.04 Å². The second-order valence-corrected chi connectivity index (χ2v) is 6.23. The third-order valence-electron chi connectivity index (χ3n) is 3.89. The highest BCUT2D eigenvalue weighted by molar-refractivity contribution is 5.52. The quantitative estimate of drug-likeness (QED) is 0.802. The highest BCUT2D eigenvalue weighted by Gasteiger charge is 2.36. The molecule has 1 nitrogen and oxygen atoms in total. The first kappa shape index (κ1) is 12.4. The van der Waals surface area contributed by atoms with Crippen molar-refractivity contribution in [3.63, 3.8) is 0 Å². The summed E-state index contributed by atoms with van der Waals surface area (Å²) in [5.74, 6) is 0.464. The van der Waals surface area contributed by atoms with Gasteiger partial charge in [0.05, 0.1) is 5.69 Å². The summed E-state index contributed by atoms with van der Waals surface area (Å²) in [6.45, 7) is 8.79. The van der Waals surface area contributed by atoms with Crippen molar-refractivity contribution >= 4 is 5.69 Å². The first-order valence-electron chi connectivity index (χ1n) is 6.41. The zero-order valence-corrected chi connectivity index (χ0v) is 11.2. The summed E-state index contributed by atoms with van der Waals surface area (Å²) in [6.07, 6.45) is 2.32. The normalized spacial score (nSPS) is 27.1. The molecule has 17 heavy (non-hydrogen) atoms. The van der Waals surface area contributed by atoms with Crippen LogP contribution >= 0.6 is 0 Å². The van der Waals surface area contributed by atoms with Gasteiger partial charge in [-0.25, -0.2) is 4.39 Å². The Morgan fingerprint density at radius 2 is 2.00 bits per heavy atom. The van der Waals surface area contributed by atoms with Crippen molar-refractivity contribution in [1.29, 1.82) is 0 Å². The number of nitrogens with one attached hydrogen (secondary N) is 1. The average molecular weight is 235 g/mol. The van der Waals surface area contributed by atoms with Gasteiger partial charge in [0.1, 0.15) is 5.82 Å². The molecule has 0 saturated heterocycles. The number of hydrogen-bond donors (Lipinski definition) is 1. The number of para-hydroxylation sites is 1. The molecule has 0 aromatic heterocycles. The van der Waals surface area contributed by atoms with Crippen LogP contribution in [-0.4, -0.2) is 6.04 Å². The second-order valence-electron chi connectivity index (χ2n) is 6.23. The maximum absolute atomic E-state index is 13.8. The Hall–Kier alpha value is -1.05. The summed E-state index contributed by atoms with van der Waals surface area (Å²) >= 11 is 0. The average Bonchev–Trinajstić information content (AvgIpc) is 2.46. The largest absolute Gasteiger partial charge is 0.379 e. The van der Waals surface area contributed by atoms with Gasteiger partial charge in [-0.1, -0.05) is 32.9 Å². The SMILES string of the molecule is Cc1cccc(F)c1NC1CC(C)(C)CC1C. The molecule has 0 bridgehead atoms. The minimum atomic E-state index is -0.137. The van der Waals surface area contributed by atoms with Crippen LogP contribution in [0.4, 0.5) is 10.1 Å². The molecule has 0 radical (unpaired) electrons. The second kappa shape index (κ2) is 4.32. The Labute approximate surface area is 103 Å². The van der Waals surface area contributed by atoms with Gasteiger partial charge in [-0.05, 0) is 42.7 Å². The predicted octanol–water partition coefficient (Wildman–Crippen LogP) is 4.37. The highest BCUT2D eigenvalue weighted by atomic mass is 19.1. The van der Waals surface area contributed by atoms with Crippen LogP contribution in [0.2, 0.25) is 0 Å². The van der Waals surface area contributed by atoms with Gasteiger partial charge in [0.25, 0.3) is 0 Å². The molecular formula is C15H22FN. The van der Waals surface area contributed by atoms with Crippen LogP contribution in [0.25, 0.3) is 0 Å². The number of rotatable bonds is 2. The van der Waals surface area contributed by atoms with Crippen LogP contribution in [0.15, 0.2) is 18.2 Å². The van der Waals surface area contributed by atoms with E-state index >= 15 is 0 Å². The van der Waals surface area contributed by atoms with Gasteiger partial charge >= 0.3 is 0 Å². The molecule has 1 saturated carbocycles. The fraction of sp³-hybridized carbons (Fsp3) is 0.600. The molecule has 0 heterocycles. The Morgan fingerprint density at radius 1 is 1.29 bits per heavy atom. The molecule has 2 rings (SSSR count). The van der Waals surface area contributed by atoms with E-state index in [9.17, 15) is 4.39 Å². The fourth-order valence-corrected chi connectivity index (χ4v) is 3.09. The Balaban J connectivity index is 2.17. The van der Waals surface area contributed by atoms with Gasteiger partial charge in [0.15, 0.2) is 0 Å². The van der Waals surface area contributed by atoms with Crippen LogP contribution < -0.4 is 5.32 Å². The molecule has 2 unspecified atom stereocenters. The predicted molar refractivity (Wildman–Crippen MR) is 70.7 cm³/mol. The molecule has 1 N–H and O–H groups in total. The minimum absolute atomic E-state index is 0.137. The van der Waals surface area contributed by atoms with E-state index in [1.54, 1.807) is 6.07 Å². The van der Waals surface area contributed by atoms with Crippen molar-refractivity contribution in [3.8, 4) is 0 Å². The number of aryl methyl sites for hydroxylation is 1. The lowest BCUT2D eigenvalue weighted by atomic mass is 9.91. The topological polar surface area (TPSA) is 12.0 Å². The van der Waals surface area contributed by atoms with Gasteiger partial charge in [0.2, 0.25) is 0 Å². The molecule has 1 aliphatic carbocycles. The Bertz CT molecular complexity index is 391. The molecule has 1 aliphatic rings. The summed E-state index contributed by atoms with van der Waals surface area (Å²) in [7, 11) is 0. The molecular weight excluding hydrogens is 213 g/mol. The molecule has 1 fully saturated rings. The van der Waals surface area contributed by atoms with Gasteiger partial charge in [-0.3, -0.25) is 0 Å². The maximum Gasteiger partial charge on any atom is 0.146 e. The minimum Gasteiger partial charge on any atom is -0.379 e. The van der Waals surface area contributed by atoms with Crippen LogP contribution in [0.3, 0.4) is 0 Å². The van der Waals surface area contributed by atoms with Crippen LogP contribution in [0.5, 0.6) is 0 Å². The van der Waals surface area contributed by atoms with E-state index in [0.717, 1.165) is 12.0 Å². The standard InChI is InChI=1S/C15H22FN/c1-10-6-5-7-12(16)14(10)17-13-9-15(3,4)8-11(13)2/h5-7,11,13,17H,8-9H2,1-4H3. The lowest BCUT2D eigenvalue weighted by Gasteiger charge is -2.21. The molecule has 2 atom stereocenters. The molecule has 0 aliphatic heterocycles. The summed E-state index contributed by atoms with van der Waals surface area (Å²) in [4.78, 5) is 0. The van der Waals surface area contributed by atoms with Crippen molar-refractivity contribution in [2.24, 2.45) is 11.3 Å². The van der Waals surface area contributed by atoms with Crippen molar-refractivity contribution in [1.82, 2.24) is 0 Å². The van der Waals surface area contributed by atoms with E-state index in [-0.39, 0.29) is 5.82 Å². The Kier molecular flexibility index (Phi) is 3.15. The smallest absolute Gasteiger partial charge is 0.146 e. The monoisotopic (exact) mass is 235 g/mol. The summed E-state index contributed by atoms with van der Waals surface area (Å²) in [5, 5.41) is 3.41. The zero-order chi connectivity index (χ0) is 12.6. The van der Waals surface area contributed by atoms with E-state index in [0.29, 0.717) is 23.1 Å². The molecule has 1 aromatic carbocycles. The lowest BCUT2D eigenvalue weighted by Crippen LogP contribution is -2.23. The number of benzene rings is 1. The van der Waals surface area contributed by atoms with Crippen molar-refractivity contribution in [3.05, 3.63) is 29.6 Å². The number of halogens is 1. The molecule has 0 spiro atoms. The van der Waals surface area contributed by atoms with E-state index < -0.39 is 0 Å². The first-order valence-corrected chi connectivity index (χ1v) is 6.41. The zero-order valence-electron chi connectivity index (χ0n) is 11.2. The molecule has 0 amide bonds. The van der Waals surface area contributed by atoms with Gasteiger partial charge in [-0.2, -0.15) is 0 Å². The van der Waals surface area contributed by atoms with Crippen LogP contribution in [0.1, 0.15) is 39.2 Å². The molecule has 2 heteroatoms. The third-order valence-corrected chi connectivity index (χ3v) is 3.89. The van der Waals surface area contributed by atoms with Crippen molar-refractivity contribution in [2.45, 2.75) is 46.6 Å². The lowest BCUT2D eigenvalue weighted by molar-refractivity contribution is 0.366. The van der Waals surface area contributed by atoms with E-state index in [4.69, 9.17) is 0 Å². The summed E-state index contributed by atoms with van der Waals surface area (Å²) < 4.78 is 13.8. The van der Waals surface area contributed by atoms with Crippen molar-refractivity contribution in [2.75, 3.05) is 5.32 Å². The highest BCUT2D eigenvalue weighted by Crippen LogP contribution is 2.42. The Morgan fingerprint density at radius 3 is 2.53 bits per heavy atom. The third kappa shape index (κ3) is 2.62. The first-order chi connectivity index (χ1) is 7.89. The summed E-state index contributed by atoms with van der Waals surface area (Å²) in [5.41, 5.74) is 2.04. The van der Waals surface area contributed by atoms with Crippen molar-refractivity contribution < 1.29 is 4.39 Å². The molecule has 94 valence electrons. The van der Waals surface area contributed by atoms with E-state index in [2.05, 4.69) is 26.1 Å². The van der Waals surface area contributed by atoms with E-state index in [1.807, 2.05) is 13.0 Å². The van der Waals surface area contributed by atoms with Gasteiger partial charge < -0.3 is 5.32 Å². The van der Waals surface area contributed by atoms with Crippen LogP contribution in [0, 0.1) is 24.1 Å². The van der Waals surface area contributed by atoms with Gasteiger partial charge in [-0.15, -0.1) is 0 Å².